The van der Waals surface area contributed by atoms with E-state index in [4.69, 9.17) is 14.2 Å². The molecule has 0 aliphatic carbocycles. The van der Waals surface area contributed by atoms with E-state index < -0.39 is 0 Å². The van der Waals surface area contributed by atoms with E-state index in [1.54, 1.807) is 20.3 Å². The molecule has 4 rings (SSSR count). The molecule has 2 aromatic carbocycles. The highest BCUT2D eigenvalue weighted by atomic mass is 16.5. The summed E-state index contributed by atoms with van der Waals surface area (Å²) in [4.78, 5) is 8.72. The van der Waals surface area contributed by atoms with Gasteiger partial charge in [0.05, 0.1) is 19.6 Å². The molecule has 28 heavy (non-hydrogen) atoms. The van der Waals surface area contributed by atoms with E-state index in [1.165, 1.54) is 0 Å². The Labute approximate surface area is 161 Å². The molecule has 1 aromatic heterocycles. The second-order valence-corrected chi connectivity index (χ2v) is 6.30. The van der Waals surface area contributed by atoms with Gasteiger partial charge in [-0.25, -0.2) is 4.98 Å². The van der Waals surface area contributed by atoms with Gasteiger partial charge in [0.15, 0.2) is 5.82 Å². The van der Waals surface area contributed by atoms with Crippen LogP contribution >= 0.6 is 0 Å². The molecule has 8 heteroatoms. The van der Waals surface area contributed by atoms with Crippen LogP contribution in [0, 0.1) is 0 Å². The maximum Gasteiger partial charge on any atom is 0.222 e. The number of aromatic hydroxyl groups is 1. The van der Waals surface area contributed by atoms with Crippen LogP contribution in [0.3, 0.4) is 0 Å². The summed E-state index contributed by atoms with van der Waals surface area (Å²) in [7, 11) is 3.17. The molecule has 0 saturated heterocycles. The van der Waals surface area contributed by atoms with Crippen LogP contribution in [0.25, 0.3) is 10.9 Å². The Balaban J connectivity index is 1.65. The summed E-state index contributed by atoms with van der Waals surface area (Å²) in [5.74, 6) is 2.22. The van der Waals surface area contributed by atoms with Gasteiger partial charge in [-0.1, -0.05) is 6.07 Å². The summed E-state index contributed by atoms with van der Waals surface area (Å²) in [5, 5.41) is 15.1. The van der Waals surface area contributed by atoms with Gasteiger partial charge in [-0.3, -0.25) is 0 Å². The number of hydrazone groups is 1. The average Bonchev–Trinajstić information content (AvgIpc) is 3.27. The first kappa shape index (κ1) is 17.8. The number of methoxy groups -OCH3 is 2. The van der Waals surface area contributed by atoms with Crippen molar-refractivity contribution in [3.63, 3.8) is 0 Å². The van der Waals surface area contributed by atoms with Crippen molar-refractivity contribution < 1.29 is 19.3 Å². The Bertz CT molecular complexity index is 1040. The molecule has 8 nitrogen and oxygen atoms in total. The third-order valence-corrected chi connectivity index (χ3v) is 4.53. The summed E-state index contributed by atoms with van der Waals surface area (Å²) in [6.07, 6.45) is 1.83. The fourth-order valence-electron chi connectivity index (χ4n) is 3.07. The van der Waals surface area contributed by atoms with Crippen LogP contribution in [0.4, 0.5) is 0 Å². The van der Waals surface area contributed by atoms with Crippen LogP contribution in [-0.2, 0) is 6.61 Å². The normalized spacial score (nSPS) is 15.4. The van der Waals surface area contributed by atoms with Crippen molar-refractivity contribution in [2.24, 2.45) is 5.10 Å². The van der Waals surface area contributed by atoms with Crippen molar-refractivity contribution in [1.82, 2.24) is 15.4 Å². The number of aromatic nitrogens is 2. The van der Waals surface area contributed by atoms with Crippen molar-refractivity contribution >= 4 is 17.1 Å². The van der Waals surface area contributed by atoms with Crippen LogP contribution in [0.2, 0.25) is 0 Å². The van der Waals surface area contributed by atoms with Gasteiger partial charge in [0.25, 0.3) is 0 Å². The molecule has 1 aliphatic rings. The predicted molar refractivity (Wildman–Crippen MR) is 104 cm³/mol. The third kappa shape index (κ3) is 3.48. The molecule has 3 aromatic rings. The number of ether oxygens (including phenoxy) is 3. The lowest BCUT2D eigenvalue weighted by Gasteiger charge is -2.13. The molecule has 0 saturated carbocycles. The number of benzene rings is 2. The minimum atomic E-state index is -0.114. The molecule has 0 amide bonds. The molecular weight excluding hydrogens is 360 g/mol. The summed E-state index contributed by atoms with van der Waals surface area (Å²) in [6.45, 7) is 0.795. The fourth-order valence-corrected chi connectivity index (χ4v) is 3.07. The summed E-state index contributed by atoms with van der Waals surface area (Å²) in [6, 6.07) is 11.0. The van der Waals surface area contributed by atoms with Gasteiger partial charge in [0.2, 0.25) is 5.88 Å². The SMILES string of the molecule is COc1cccc(OCc2nc(O)c3cc(C4C=NNC4)cc(OC)c3n2)c1. The van der Waals surface area contributed by atoms with E-state index in [2.05, 4.69) is 20.5 Å². The number of hydrogen-bond acceptors (Lipinski definition) is 8. The third-order valence-electron chi connectivity index (χ3n) is 4.53. The molecule has 1 aliphatic heterocycles. The monoisotopic (exact) mass is 380 g/mol. The molecule has 0 bridgehead atoms. The maximum atomic E-state index is 10.5. The Hall–Kier alpha value is -3.55. The molecule has 2 N–H and O–H groups in total. The number of nitrogens with zero attached hydrogens (tertiary/aromatic N) is 3. The Morgan fingerprint density at radius 3 is 2.71 bits per heavy atom. The second-order valence-electron chi connectivity index (χ2n) is 6.30. The second kappa shape index (κ2) is 7.59. The van der Waals surface area contributed by atoms with Gasteiger partial charge in [-0.2, -0.15) is 10.1 Å². The topological polar surface area (TPSA) is 98.1 Å². The van der Waals surface area contributed by atoms with Gasteiger partial charge in [0.1, 0.15) is 29.4 Å². The zero-order valence-electron chi connectivity index (χ0n) is 15.5. The first-order chi connectivity index (χ1) is 13.7. The minimum Gasteiger partial charge on any atom is -0.497 e. The lowest BCUT2D eigenvalue weighted by atomic mass is 9.99. The van der Waals surface area contributed by atoms with Gasteiger partial charge in [-0.05, 0) is 29.8 Å². The van der Waals surface area contributed by atoms with E-state index >= 15 is 0 Å². The minimum absolute atomic E-state index is 0.0980. The first-order valence-electron chi connectivity index (χ1n) is 8.78. The molecule has 2 heterocycles. The molecule has 1 unspecified atom stereocenters. The number of hydrogen-bond donors (Lipinski definition) is 2. The highest BCUT2D eigenvalue weighted by molar-refractivity contribution is 5.90. The van der Waals surface area contributed by atoms with Crippen molar-refractivity contribution in [2.45, 2.75) is 12.5 Å². The lowest BCUT2D eigenvalue weighted by molar-refractivity contribution is 0.291. The average molecular weight is 380 g/mol. The summed E-state index contributed by atoms with van der Waals surface area (Å²) in [5.41, 5.74) is 4.43. The highest BCUT2D eigenvalue weighted by Crippen LogP contribution is 2.33. The predicted octanol–water partition coefficient (Wildman–Crippen LogP) is 2.60. The Morgan fingerprint density at radius 2 is 1.96 bits per heavy atom. The fraction of sp³-hybridized carbons (Fsp3) is 0.250. The first-order valence-corrected chi connectivity index (χ1v) is 8.78. The van der Waals surface area contributed by atoms with Gasteiger partial charge >= 0.3 is 0 Å². The Morgan fingerprint density at radius 1 is 1.11 bits per heavy atom. The van der Waals surface area contributed by atoms with Crippen LogP contribution in [0.1, 0.15) is 17.3 Å². The van der Waals surface area contributed by atoms with Crippen molar-refractivity contribution in [1.29, 1.82) is 0 Å². The number of nitrogens with one attached hydrogen (secondary N) is 1. The molecule has 0 radical (unpaired) electrons. The number of rotatable bonds is 6. The summed E-state index contributed by atoms with van der Waals surface area (Å²) < 4.78 is 16.4. The smallest absolute Gasteiger partial charge is 0.222 e. The zero-order valence-corrected chi connectivity index (χ0v) is 15.5. The molecule has 0 spiro atoms. The van der Waals surface area contributed by atoms with Gasteiger partial charge in [0, 0.05) is 24.7 Å². The van der Waals surface area contributed by atoms with Crippen molar-refractivity contribution in [3.8, 4) is 23.1 Å². The van der Waals surface area contributed by atoms with E-state index in [1.807, 2.05) is 36.5 Å². The molecule has 0 fully saturated rings. The maximum absolute atomic E-state index is 10.5. The Kier molecular flexibility index (Phi) is 4.84. The van der Waals surface area contributed by atoms with Crippen molar-refractivity contribution in [3.05, 3.63) is 47.8 Å². The standard InChI is InChI=1S/C20H20N4O4/c1-26-14-4-3-5-15(8-14)28-11-18-23-19-16(20(25)24-18)6-12(7-17(19)27-2)13-9-21-22-10-13/h3-9,13,22H,10-11H2,1-2H3,(H,23,24,25). The molecule has 1 atom stereocenters. The van der Waals surface area contributed by atoms with Crippen LogP contribution in [-0.4, -0.2) is 42.1 Å². The van der Waals surface area contributed by atoms with Crippen LogP contribution in [0.5, 0.6) is 23.1 Å². The van der Waals surface area contributed by atoms with Crippen LogP contribution < -0.4 is 19.6 Å². The number of fused-ring (bicyclic) bond motifs is 1. The highest BCUT2D eigenvalue weighted by Gasteiger charge is 2.19. The lowest BCUT2D eigenvalue weighted by Crippen LogP contribution is -2.09. The molecule has 144 valence electrons. The van der Waals surface area contributed by atoms with E-state index in [0.29, 0.717) is 40.5 Å². The summed E-state index contributed by atoms with van der Waals surface area (Å²) >= 11 is 0. The van der Waals surface area contributed by atoms with Crippen molar-refractivity contribution in [2.75, 3.05) is 20.8 Å². The molecular formula is C20H20N4O4. The largest absolute Gasteiger partial charge is 0.497 e. The van der Waals surface area contributed by atoms with E-state index in [0.717, 1.165) is 5.56 Å². The quantitative estimate of drug-likeness (QED) is 0.678. The van der Waals surface area contributed by atoms with Gasteiger partial charge in [-0.15, -0.1) is 0 Å². The zero-order chi connectivity index (χ0) is 19.5. The van der Waals surface area contributed by atoms with Gasteiger partial charge < -0.3 is 24.7 Å². The van der Waals surface area contributed by atoms with Crippen LogP contribution in [0.15, 0.2) is 41.5 Å². The van der Waals surface area contributed by atoms with E-state index in [-0.39, 0.29) is 18.4 Å². The van der Waals surface area contributed by atoms with E-state index in [9.17, 15) is 5.11 Å².